The first-order valence-corrected chi connectivity index (χ1v) is 16.3. The van der Waals surface area contributed by atoms with Gasteiger partial charge in [-0.3, -0.25) is 4.90 Å². The third-order valence-corrected chi connectivity index (χ3v) is 11.7. The second-order valence-corrected chi connectivity index (χ2v) is 14.8. The van der Waals surface area contributed by atoms with Crippen molar-refractivity contribution in [3.05, 3.63) is 89.0 Å². The number of fused-ring (bicyclic) bond motifs is 4. The van der Waals surface area contributed by atoms with Crippen molar-refractivity contribution in [1.82, 2.24) is 4.90 Å². The van der Waals surface area contributed by atoms with Crippen molar-refractivity contribution in [2.75, 3.05) is 57.4 Å². The summed E-state index contributed by atoms with van der Waals surface area (Å²) < 4.78 is 34.0. The van der Waals surface area contributed by atoms with Crippen LogP contribution in [0.15, 0.2) is 71.6 Å². The molecule has 0 radical (unpaired) electrons. The van der Waals surface area contributed by atoms with Gasteiger partial charge in [0.15, 0.2) is 9.84 Å². The van der Waals surface area contributed by atoms with Crippen molar-refractivity contribution in [2.24, 2.45) is 5.41 Å². The number of aliphatic hydroxyl groups is 1. The molecular formula is C33H42N3O4S+. The molecule has 0 aliphatic carbocycles. The van der Waals surface area contributed by atoms with Crippen molar-refractivity contribution in [2.45, 2.75) is 43.9 Å². The molecule has 2 N–H and O–H groups in total. The first kappa shape index (κ1) is 28.2. The summed E-state index contributed by atoms with van der Waals surface area (Å²) in [5.74, 6) is 0.144. The van der Waals surface area contributed by atoms with Gasteiger partial charge in [-0.1, -0.05) is 50.2 Å². The molecule has 0 unspecified atom stereocenters. The minimum atomic E-state index is -3.56. The highest BCUT2D eigenvalue weighted by Crippen LogP contribution is 2.45. The molecule has 3 aromatic rings. The summed E-state index contributed by atoms with van der Waals surface area (Å²) in [6, 6.07) is 21.8. The van der Waals surface area contributed by atoms with E-state index in [1.54, 1.807) is 19.2 Å². The number of hydrogen-bond donors (Lipinski definition) is 2. The first-order valence-electron chi connectivity index (χ1n) is 14.7. The lowest BCUT2D eigenvalue weighted by atomic mass is 9.75. The molecule has 3 saturated heterocycles. The largest absolute Gasteiger partial charge is 0.489 e. The summed E-state index contributed by atoms with van der Waals surface area (Å²) in [5.41, 5.74) is 3.99. The van der Waals surface area contributed by atoms with E-state index in [2.05, 4.69) is 34.5 Å². The van der Waals surface area contributed by atoms with Crippen LogP contribution in [0.25, 0.3) is 0 Å². The molecule has 4 aliphatic rings. The first-order chi connectivity index (χ1) is 19.6. The summed E-state index contributed by atoms with van der Waals surface area (Å²) in [4.78, 5) is 2.87. The van der Waals surface area contributed by atoms with Crippen molar-refractivity contribution < 1.29 is 22.7 Å². The summed E-state index contributed by atoms with van der Waals surface area (Å²) >= 11 is 0. The number of piperazine rings is 3. The highest BCUT2D eigenvalue weighted by Gasteiger charge is 2.45. The molecule has 0 amide bonds. The van der Waals surface area contributed by atoms with Crippen LogP contribution in [0.3, 0.4) is 0 Å². The standard InChI is InChI=1S/C33H42N3O4S/c1-33(2)23-41(38,39)30-13-10-27(34-3)20-29(30)31(32(33)37)26-8-11-28(12-9-26)40-22-25-6-4-24(5-7-25)21-36-17-14-35(15-18-36)16-19-36/h4-13,20,31-32,34,37H,14-19,21-23H2,1-3H3/q+1/t31-,32-/m1/s1. The Labute approximate surface area is 244 Å². The molecule has 0 aromatic heterocycles. The number of rotatable bonds is 7. The Morgan fingerprint density at radius 3 is 2.22 bits per heavy atom. The van der Waals surface area contributed by atoms with Crippen LogP contribution < -0.4 is 10.1 Å². The average Bonchev–Trinajstić information content (AvgIpc) is 3.03. The van der Waals surface area contributed by atoms with E-state index in [1.165, 1.54) is 49.3 Å². The molecule has 7 nitrogen and oxygen atoms in total. The Morgan fingerprint density at radius 2 is 1.59 bits per heavy atom. The van der Waals surface area contributed by atoms with Gasteiger partial charge in [-0.05, 0) is 47.0 Å². The van der Waals surface area contributed by atoms with Crippen molar-refractivity contribution in [1.29, 1.82) is 0 Å². The van der Waals surface area contributed by atoms with E-state index in [1.807, 2.05) is 44.2 Å². The van der Waals surface area contributed by atoms with Gasteiger partial charge < -0.3 is 19.6 Å². The third kappa shape index (κ3) is 5.63. The number of hydrogen-bond acceptors (Lipinski definition) is 6. The van der Waals surface area contributed by atoms with E-state index >= 15 is 0 Å². The Bertz CT molecular complexity index is 1480. The van der Waals surface area contributed by atoms with Crippen LogP contribution in [-0.4, -0.2) is 81.1 Å². The maximum Gasteiger partial charge on any atom is 0.179 e. The predicted molar refractivity (Wildman–Crippen MR) is 162 cm³/mol. The zero-order valence-corrected chi connectivity index (χ0v) is 25.2. The number of ether oxygens (including phenoxy) is 1. The molecule has 3 aromatic carbocycles. The van der Waals surface area contributed by atoms with Gasteiger partial charge in [0, 0.05) is 49.3 Å². The van der Waals surface area contributed by atoms with Crippen LogP contribution in [0.5, 0.6) is 5.75 Å². The summed E-state index contributed by atoms with van der Waals surface area (Å²) in [5, 5.41) is 14.6. The summed E-state index contributed by atoms with van der Waals surface area (Å²) in [6.07, 6.45) is -0.879. The Kier molecular flexibility index (Phi) is 7.39. The van der Waals surface area contributed by atoms with E-state index in [0.717, 1.165) is 29.1 Å². The summed E-state index contributed by atoms with van der Waals surface area (Å²) in [6.45, 7) is 12.7. The lowest BCUT2D eigenvalue weighted by Gasteiger charge is -2.50. The molecule has 3 fully saturated rings. The Hall–Kier alpha value is -2.91. The number of aliphatic hydroxyl groups excluding tert-OH is 1. The Balaban J connectivity index is 1.17. The normalized spacial score (nSPS) is 28.0. The zero-order valence-electron chi connectivity index (χ0n) is 24.3. The van der Waals surface area contributed by atoms with E-state index < -0.39 is 27.3 Å². The van der Waals surface area contributed by atoms with Crippen molar-refractivity contribution >= 4 is 15.5 Å². The number of anilines is 1. The second kappa shape index (κ2) is 10.7. The van der Waals surface area contributed by atoms with Crippen LogP contribution >= 0.6 is 0 Å². The molecule has 4 aliphatic heterocycles. The van der Waals surface area contributed by atoms with Gasteiger partial charge >= 0.3 is 0 Å². The molecule has 0 spiro atoms. The number of quaternary nitrogens is 1. The van der Waals surface area contributed by atoms with Crippen molar-refractivity contribution in [3.63, 3.8) is 0 Å². The number of benzene rings is 3. The fourth-order valence-electron chi connectivity index (χ4n) is 6.90. The SMILES string of the molecule is CNc1ccc2c(c1)[C@@H](c1ccc(OCc3ccc(C[N+]45CCN(CC4)CC5)cc3)cc1)[C@@H](O)C(C)(C)CS2(=O)=O. The predicted octanol–water partition coefficient (Wildman–Crippen LogP) is 4.26. The second-order valence-electron chi connectivity index (χ2n) is 12.9. The maximum atomic E-state index is 13.3. The van der Waals surface area contributed by atoms with E-state index in [-0.39, 0.29) is 5.75 Å². The summed E-state index contributed by atoms with van der Waals surface area (Å²) in [7, 11) is -1.76. The van der Waals surface area contributed by atoms with Crippen LogP contribution in [0.1, 0.15) is 42.0 Å². The minimum absolute atomic E-state index is 0.109. The Morgan fingerprint density at radius 1 is 0.951 bits per heavy atom. The van der Waals surface area contributed by atoms with Gasteiger partial charge in [-0.15, -0.1) is 0 Å². The van der Waals surface area contributed by atoms with Gasteiger partial charge in [-0.25, -0.2) is 8.42 Å². The molecule has 7 rings (SSSR count). The molecular weight excluding hydrogens is 534 g/mol. The fourth-order valence-corrected chi connectivity index (χ4v) is 9.03. The van der Waals surface area contributed by atoms with Gasteiger partial charge in [0.2, 0.25) is 0 Å². The monoisotopic (exact) mass is 576 g/mol. The molecule has 8 heteroatoms. The molecule has 2 atom stereocenters. The molecule has 41 heavy (non-hydrogen) atoms. The molecule has 2 bridgehead atoms. The van der Waals surface area contributed by atoms with Crippen LogP contribution in [-0.2, 0) is 23.0 Å². The smallest absolute Gasteiger partial charge is 0.179 e. The molecule has 218 valence electrons. The third-order valence-electron chi connectivity index (χ3n) is 9.50. The van der Waals surface area contributed by atoms with Crippen molar-refractivity contribution in [3.8, 4) is 5.75 Å². The highest BCUT2D eigenvalue weighted by molar-refractivity contribution is 7.91. The lowest BCUT2D eigenvalue weighted by molar-refractivity contribution is -0.953. The highest BCUT2D eigenvalue weighted by atomic mass is 32.2. The van der Waals surface area contributed by atoms with Crippen LogP contribution in [0.4, 0.5) is 5.69 Å². The number of sulfone groups is 1. The average molecular weight is 577 g/mol. The molecule has 0 saturated carbocycles. The fraction of sp³-hybridized carbons (Fsp3) is 0.455. The lowest BCUT2D eigenvalue weighted by Crippen LogP contribution is -2.66. The maximum absolute atomic E-state index is 13.3. The van der Waals surface area contributed by atoms with E-state index in [4.69, 9.17) is 4.74 Å². The van der Waals surface area contributed by atoms with Gasteiger partial charge in [0.25, 0.3) is 0 Å². The number of nitrogens with zero attached hydrogens (tertiary/aromatic N) is 2. The topological polar surface area (TPSA) is 78.9 Å². The van der Waals surface area contributed by atoms with E-state index in [9.17, 15) is 13.5 Å². The zero-order chi connectivity index (χ0) is 28.8. The number of nitrogens with one attached hydrogen (secondary N) is 1. The van der Waals surface area contributed by atoms with Gasteiger partial charge in [0.05, 0.1) is 36.4 Å². The minimum Gasteiger partial charge on any atom is -0.489 e. The van der Waals surface area contributed by atoms with Gasteiger partial charge in [0.1, 0.15) is 18.9 Å². The van der Waals surface area contributed by atoms with Crippen LogP contribution in [0, 0.1) is 5.41 Å². The van der Waals surface area contributed by atoms with E-state index in [0.29, 0.717) is 17.1 Å². The molecule has 4 heterocycles. The quantitative estimate of drug-likeness (QED) is 0.410. The van der Waals surface area contributed by atoms with Gasteiger partial charge in [-0.2, -0.15) is 0 Å². The van der Waals surface area contributed by atoms with Crippen LogP contribution in [0.2, 0.25) is 0 Å².